The quantitative estimate of drug-likeness (QED) is 0.622. The minimum absolute atomic E-state index is 0.110. The lowest BCUT2D eigenvalue weighted by molar-refractivity contribution is 0.359. The lowest BCUT2D eigenvalue weighted by atomic mass is 10.3. The van der Waals surface area contributed by atoms with Gasteiger partial charge in [-0.25, -0.2) is 13.1 Å². The predicted octanol–water partition coefficient (Wildman–Crippen LogP) is 0.959. The molecule has 0 bridgehead atoms. The number of rotatable bonds is 7. The predicted molar refractivity (Wildman–Crippen MR) is 94.2 cm³/mol. The van der Waals surface area contributed by atoms with Crippen molar-refractivity contribution >= 4 is 21.6 Å². The van der Waals surface area contributed by atoms with Crippen LogP contribution in [0.5, 0.6) is 23.3 Å². The van der Waals surface area contributed by atoms with Crippen LogP contribution in [0.3, 0.4) is 0 Å². The fourth-order valence-electron chi connectivity index (χ4n) is 2.41. The third-order valence-electron chi connectivity index (χ3n) is 3.58. The number of hydrogen-bond acceptors (Lipinski definition) is 9. The van der Waals surface area contributed by atoms with E-state index in [1.807, 2.05) is 0 Å². The average molecular weight is 395 g/mol. The van der Waals surface area contributed by atoms with Crippen molar-refractivity contribution in [1.29, 1.82) is 0 Å². The van der Waals surface area contributed by atoms with Gasteiger partial charge in [-0.2, -0.15) is 14.5 Å². The fraction of sp³-hybridized carbons (Fsp3) is 0.267. The van der Waals surface area contributed by atoms with Crippen molar-refractivity contribution in [3.8, 4) is 23.3 Å². The molecular weight excluding hydrogens is 378 g/mol. The van der Waals surface area contributed by atoms with Crippen molar-refractivity contribution in [2.45, 2.75) is 4.90 Å². The number of aromatic nitrogens is 4. The molecular formula is C15H17N5O6S. The molecule has 3 rings (SSSR count). The highest BCUT2D eigenvalue weighted by atomic mass is 32.2. The molecule has 11 nitrogen and oxygen atoms in total. The molecule has 1 aromatic carbocycles. The minimum atomic E-state index is -4.13. The zero-order valence-corrected chi connectivity index (χ0v) is 15.8. The number of fused-ring (bicyclic) bond motifs is 1. The number of sulfonamides is 1. The van der Waals surface area contributed by atoms with Gasteiger partial charge in [0, 0.05) is 0 Å². The molecule has 0 aliphatic carbocycles. The molecule has 0 atom stereocenters. The van der Waals surface area contributed by atoms with Gasteiger partial charge in [0.1, 0.15) is 11.5 Å². The van der Waals surface area contributed by atoms with E-state index in [1.54, 1.807) is 6.07 Å². The Morgan fingerprint density at radius 3 is 2.15 bits per heavy atom. The first-order valence-electron chi connectivity index (χ1n) is 7.52. The second-order valence-corrected chi connectivity index (χ2v) is 6.70. The van der Waals surface area contributed by atoms with E-state index in [-0.39, 0.29) is 34.0 Å². The second-order valence-electron chi connectivity index (χ2n) is 5.08. The van der Waals surface area contributed by atoms with Gasteiger partial charge in [0.25, 0.3) is 16.0 Å². The van der Waals surface area contributed by atoms with Crippen molar-refractivity contribution in [2.24, 2.45) is 0 Å². The van der Waals surface area contributed by atoms with E-state index in [1.165, 1.54) is 51.3 Å². The van der Waals surface area contributed by atoms with Gasteiger partial charge in [0.05, 0.1) is 34.6 Å². The summed E-state index contributed by atoms with van der Waals surface area (Å²) in [7, 11) is 1.43. The van der Waals surface area contributed by atoms with E-state index < -0.39 is 10.0 Å². The maximum Gasteiger partial charge on any atom is 0.319 e. The molecule has 0 unspecified atom stereocenters. The van der Waals surface area contributed by atoms with Crippen molar-refractivity contribution < 1.29 is 27.4 Å². The van der Waals surface area contributed by atoms with Crippen molar-refractivity contribution in [2.75, 3.05) is 33.2 Å². The molecule has 0 saturated heterocycles. The van der Waals surface area contributed by atoms with Crippen LogP contribution in [0.25, 0.3) is 5.65 Å². The number of hydrogen-bond donors (Lipinski definition) is 1. The molecule has 0 radical (unpaired) electrons. The first-order chi connectivity index (χ1) is 12.9. The van der Waals surface area contributed by atoms with E-state index in [2.05, 4.69) is 19.8 Å². The molecule has 0 aliphatic rings. The minimum Gasteiger partial charge on any atom is -0.495 e. The van der Waals surface area contributed by atoms with Crippen LogP contribution in [-0.4, -0.2) is 56.4 Å². The summed E-state index contributed by atoms with van der Waals surface area (Å²) in [5, 5.41) is 4.08. The maximum absolute atomic E-state index is 12.9. The summed E-state index contributed by atoms with van der Waals surface area (Å²) in [6.07, 6.45) is 1.39. The maximum atomic E-state index is 12.9. The third-order valence-corrected chi connectivity index (χ3v) is 4.97. The SMILES string of the molecule is COc1cccc(OC)c1S(=O)(=O)Nc1nc2c(OC)cnc(OC)n2n1. The van der Waals surface area contributed by atoms with Crippen molar-refractivity contribution in [3.05, 3.63) is 24.4 Å². The molecule has 0 amide bonds. The standard InChI is InChI=1S/C15H17N5O6S/c1-23-9-6-5-7-10(24-2)12(9)27(21,22)19-14-17-13-11(25-3)8-16-15(26-4)20(13)18-14/h5-8H,1-4H3,(H,18,19). The van der Waals surface area contributed by atoms with Gasteiger partial charge in [-0.15, -0.1) is 5.10 Å². The number of benzene rings is 1. The van der Waals surface area contributed by atoms with Gasteiger partial charge in [-0.3, -0.25) is 0 Å². The van der Waals surface area contributed by atoms with Crippen LogP contribution in [0.15, 0.2) is 29.3 Å². The van der Waals surface area contributed by atoms with Gasteiger partial charge < -0.3 is 18.9 Å². The summed E-state index contributed by atoms with van der Waals surface area (Å²) in [6.45, 7) is 0. The highest BCUT2D eigenvalue weighted by Gasteiger charge is 2.27. The topological polar surface area (TPSA) is 126 Å². The molecule has 0 fully saturated rings. The summed E-state index contributed by atoms with van der Waals surface area (Å²) in [4.78, 5) is 7.99. The molecule has 0 saturated carbocycles. The summed E-state index contributed by atoms with van der Waals surface area (Å²) in [6, 6.07) is 4.73. The van der Waals surface area contributed by atoms with Crippen LogP contribution >= 0.6 is 0 Å². The van der Waals surface area contributed by atoms with Crippen LogP contribution in [-0.2, 0) is 10.0 Å². The Kier molecular flexibility index (Phi) is 4.90. The number of nitrogens with one attached hydrogen (secondary N) is 1. The van der Waals surface area contributed by atoms with E-state index in [0.717, 1.165) is 0 Å². The monoisotopic (exact) mass is 395 g/mol. The fourth-order valence-corrected chi connectivity index (χ4v) is 3.67. The summed E-state index contributed by atoms with van der Waals surface area (Å²) in [5.74, 6) is 0.320. The number of ether oxygens (including phenoxy) is 4. The first-order valence-corrected chi connectivity index (χ1v) is 9.01. The Balaban J connectivity index is 2.10. The van der Waals surface area contributed by atoms with Crippen LogP contribution in [0.4, 0.5) is 5.95 Å². The van der Waals surface area contributed by atoms with Gasteiger partial charge in [-0.05, 0) is 12.1 Å². The highest BCUT2D eigenvalue weighted by Crippen LogP contribution is 2.34. The Bertz CT molecular complexity index is 1020. The van der Waals surface area contributed by atoms with Crippen LogP contribution < -0.4 is 23.7 Å². The first kappa shape index (κ1) is 18.5. The van der Waals surface area contributed by atoms with Crippen LogP contribution in [0.1, 0.15) is 0 Å². The Labute approximate surface area is 154 Å². The average Bonchev–Trinajstić information content (AvgIpc) is 3.09. The molecule has 3 aromatic rings. The zero-order valence-electron chi connectivity index (χ0n) is 15.0. The number of anilines is 1. The van der Waals surface area contributed by atoms with Gasteiger partial charge >= 0.3 is 6.01 Å². The van der Waals surface area contributed by atoms with Crippen molar-refractivity contribution in [1.82, 2.24) is 19.6 Å². The lowest BCUT2D eigenvalue weighted by Crippen LogP contribution is -2.16. The largest absolute Gasteiger partial charge is 0.495 e. The molecule has 0 aliphatic heterocycles. The molecule has 12 heteroatoms. The van der Waals surface area contributed by atoms with Gasteiger partial charge in [0.15, 0.2) is 10.6 Å². The lowest BCUT2D eigenvalue weighted by Gasteiger charge is -2.13. The van der Waals surface area contributed by atoms with E-state index in [9.17, 15) is 8.42 Å². The van der Waals surface area contributed by atoms with Gasteiger partial charge in [-0.1, -0.05) is 6.07 Å². The van der Waals surface area contributed by atoms with Gasteiger partial charge in [0.2, 0.25) is 5.65 Å². The summed E-state index contributed by atoms with van der Waals surface area (Å²) >= 11 is 0. The summed E-state index contributed by atoms with van der Waals surface area (Å²) < 4.78 is 49.9. The molecule has 144 valence electrons. The molecule has 2 aromatic heterocycles. The highest BCUT2D eigenvalue weighted by molar-refractivity contribution is 7.93. The smallest absolute Gasteiger partial charge is 0.319 e. The number of methoxy groups -OCH3 is 4. The molecule has 2 heterocycles. The summed E-state index contributed by atoms with van der Waals surface area (Å²) in [5.41, 5.74) is 0.231. The van der Waals surface area contributed by atoms with Crippen LogP contribution in [0.2, 0.25) is 0 Å². The Morgan fingerprint density at radius 1 is 0.963 bits per heavy atom. The Hall–Kier alpha value is -3.28. The van der Waals surface area contributed by atoms with E-state index in [4.69, 9.17) is 18.9 Å². The van der Waals surface area contributed by atoms with Crippen molar-refractivity contribution in [3.63, 3.8) is 0 Å². The van der Waals surface area contributed by atoms with E-state index >= 15 is 0 Å². The zero-order chi connectivity index (χ0) is 19.6. The molecule has 27 heavy (non-hydrogen) atoms. The second kappa shape index (κ2) is 7.15. The normalized spacial score (nSPS) is 11.3. The van der Waals surface area contributed by atoms with E-state index in [0.29, 0.717) is 5.75 Å². The number of nitrogens with zero attached hydrogens (tertiary/aromatic N) is 4. The van der Waals surface area contributed by atoms with Crippen LogP contribution in [0, 0.1) is 0 Å². The molecule has 0 spiro atoms. The third kappa shape index (κ3) is 3.26. The Morgan fingerprint density at radius 2 is 1.59 bits per heavy atom. The molecule has 1 N–H and O–H groups in total.